The first kappa shape index (κ1) is 36.4. The van der Waals surface area contributed by atoms with Crippen molar-refractivity contribution >= 4 is 34.1 Å². The summed E-state index contributed by atoms with van der Waals surface area (Å²) in [7, 11) is 1.70. The predicted molar refractivity (Wildman–Crippen MR) is 189 cm³/mol. The van der Waals surface area contributed by atoms with Crippen LogP contribution in [0.3, 0.4) is 0 Å². The molecule has 1 saturated carbocycles. The van der Waals surface area contributed by atoms with Gasteiger partial charge in [0, 0.05) is 22.9 Å². The average Bonchev–Trinajstić information content (AvgIpc) is 3.04. The van der Waals surface area contributed by atoms with Gasteiger partial charge in [0.05, 0.1) is 41.6 Å². The standard InChI is InChI=1S/C39H51FN4O5/c1-8-11-28-36-32(44-38(47)39(14-10-15-39)20-48-21-42-34(46)18-41-7)13-12-27-23(4)31(40)17-33(35(27)36)43-37(28)22(3)16-29-26(9-2)25(6)49-19-30(29)24(5)45/h16-17,26,32,41H,6,8-15,18-21H2,1-5,7H3,(H,42,46)(H,44,47)/b22-16+. The van der Waals surface area contributed by atoms with Crippen LogP contribution in [0.2, 0.25) is 0 Å². The highest BCUT2D eigenvalue weighted by Gasteiger charge is 2.46. The van der Waals surface area contributed by atoms with E-state index in [4.69, 9.17) is 14.5 Å². The Morgan fingerprint density at radius 1 is 1.22 bits per heavy atom. The molecule has 0 bridgehead atoms. The second kappa shape index (κ2) is 15.3. The fourth-order valence-electron chi connectivity index (χ4n) is 7.67. The summed E-state index contributed by atoms with van der Waals surface area (Å²) in [6.07, 6.45) is 7.92. The van der Waals surface area contributed by atoms with Crippen molar-refractivity contribution < 1.29 is 28.2 Å². The number of ether oxygens (including phenoxy) is 2. The molecule has 2 aromatic rings. The second-order valence-electron chi connectivity index (χ2n) is 13.8. The molecule has 3 N–H and O–H groups in total. The zero-order valence-corrected chi connectivity index (χ0v) is 29.9. The maximum Gasteiger partial charge on any atom is 0.235 e. The molecule has 1 aromatic heterocycles. The van der Waals surface area contributed by atoms with E-state index in [2.05, 4.69) is 29.5 Å². The van der Waals surface area contributed by atoms with E-state index in [0.29, 0.717) is 54.5 Å². The lowest BCUT2D eigenvalue weighted by Crippen LogP contribution is -2.50. The van der Waals surface area contributed by atoms with Gasteiger partial charge in [-0.05, 0) is 99.7 Å². The number of pyridine rings is 1. The molecule has 10 heteroatoms. The number of benzene rings is 1. The number of hydrogen-bond acceptors (Lipinski definition) is 7. The number of carbonyl (C=O) groups is 3. The number of allylic oxidation sites excluding steroid dienone is 3. The molecule has 2 aliphatic carbocycles. The summed E-state index contributed by atoms with van der Waals surface area (Å²) < 4.78 is 27.0. The first-order valence-electron chi connectivity index (χ1n) is 17.6. The molecule has 49 heavy (non-hydrogen) atoms. The number of hydrogen-bond donors (Lipinski definition) is 3. The Kier molecular flexibility index (Phi) is 11.4. The van der Waals surface area contributed by atoms with Crippen LogP contribution in [0.4, 0.5) is 4.39 Å². The zero-order valence-electron chi connectivity index (χ0n) is 29.9. The van der Waals surface area contributed by atoms with Crippen LogP contribution in [-0.2, 0) is 36.7 Å². The molecule has 1 aromatic carbocycles. The van der Waals surface area contributed by atoms with Gasteiger partial charge in [-0.2, -0.15) is 0 Å². The van der Waals surface area contributed by atoms with Gasteiger partial charge in [0.2, 0.25) is 11.8 Å². The van der Waals surface area contributed by atoms with Crippen LogP contribution >= 0.6 is 0 Å². The molecule has 2 heterocycles. The first-order valence-corrected chi connectivity index (χ1v) is 17.6. The molecular weight excluding hydrogens is 623 g/mol. The van der Waals surface area contributed by atoms with Gasteiger partial charge in [-0.15, -0.1) is 0 Å². The number of rotatable bonds is 14. The van der Waals surface area contributed by atoms with E-state index >= 15 is 4.39 Å². The second-order valence-corrected chi connectivity index (χ2v) is 13.8. The molecule has 2 amide bonds. The summed E-state index contributed by atoms with van der Waals surface area (Å²) >= 11 is 0. The van der Waals surface area contributed by atoms with Gasteiger partial charge < -0.3 is 25.4 Å². The van der Waals surface area contributed by atoms with Crippen LogP contribution in [-0.4, -0.2) is 56.1 Å². The summed E-state index contributed by atoms with van der Waals surface area (Å²) in [5.41, 5.74) is 6.64. The monoisotopic (exact) mass is 674 g/mol. The Balaban J connectivity index is 1.58. The van der Waals surface area contributed by atoms with E-state index in [-0.39, 0.29) is 61.9 Å². The maximum atomic E-state index is 15.4. The van der Waals surface area contributed by atoms with Gasteiger partial charge in [-0.3, -0.25) is 14.4 Å². The fraction of sp³-hybridized carbons (Fsp3) is 0.538. The highest BCUT2D eigenvalue weighted by atomic mass is 19.1. The molecule has 1 aliphatic heterocycles. The zero-order chi connectivity index (χ0) is 35.5. The van der Waals surface area contributed by atoms with E-state index in [1.54, 1.807) is 14.0 Å². The van der Waals surface area contributed by atoms with Crippen molar-refractivity contribution in [3.05, 3.63) is 69.4 Å². The lowest BCUT2D eigenvalue weighted by Gasteiger charge is -2.41. The highest BCUT2D eigenvalue weighted by Crippen LogP contribution is 2.45. The van der Waals surface area contributed by atoms with Gasteiger partial charge >= 0.3 is 0 Å². The number of halogens is 1. The minimum Gasteiger partial charge on any atom is -0.493 e. The van der Waals surface area contributed by atoms with Crippen molar-refractivity contribution in [2.45, 2.75) is 92.0 Å². The van der Waals surface area contributed by atoms with Crippen LogP contribution in [0.25, 0.3) is 16.5 Å². The van der Waals surface area contributed by atoms with Crippen LogP contribution in [0.1, 0.15) is 100 Å². The van der Waals surface area contributed by atoms with E-state index < -0.39 is 5.41 Å². The third kappa shape index (κ3) is 7.22. The molecule has 9 nitrogen and oxygen atoms in total. The van der Waals surface area contributed by atoms with E-state index in [0.717, 1.165) is 58.2 Å². The number of likely N-dealkylation sites (N-methyl/N-ethyl adjacent to an activating group) is 1. The molecule has 2 atom stereocenters. The van der Waals surface area contributed by atoms with Crippen molar-refractivity contribution in [2.75, 3.05) is 33.5 Å². The predicted octanol–water partition coefficient (Wildman–Crippen LogP) is 6.08. The number of carbonyl (C=O) groups excluding carboxylic acids is 3. The van der Waals surface area contributed by atoms with Crippen LogP contribution < -0.4 is 16.0 Å². The SMILES string of the molecule is C=C1OCC(C(C)=O)=C(/C=C(\C)c2nc3cc(F)c(C)c4c3c(c2CCC)C(NC(=O)C2(COCNC(=O)CNC)CCC2)CC4)C1CC. The maximum absolute atomic E-state index is 15.4. The van der Waals surface area contributed by atoms with E-state index in [1.807, 2.05) is 26.8 Å². The van der Waals surface area contributed by atoms with Gasteiger partial charge in [-0.1, -0.05) is 39.3 Å². The molecule has 0 radical (unpaired) electrons. The smallest absolute Gasteiger partial charge is 0.235 e. The summed E-state index contributed by atoms with van der Waals surface area (Å²) in [4.78, 5) is 43.8. The number of nitrogens with one attached hydrogen (secondary N) is 3. The molecule has 1 fully saturated rings. The molecule has 2 unspecified atom stereocenters. The number of Topliss-reactive ketones (excluding diaryl/α,β-unsaturated/α-hetero) is 1. The molecular formula is C39H51FN4O5. The van der Waals surface area contributed by atoms with Crippen molar-refractivity contribution in [1.82, 2.24) is 20.9 Å². The molecule has 0 saturated heterocycles. The topological polar surface area (TPSA) is 119 Å². The third-order valence-electron chi connectivity index (χ3n) is 10.6. The highest BCUT2D eigenvalue weighted by molar-refractivity contribution is 5.96. The lowest BCUT2D eigenvalue weighted by molar-refractivity contribution is -0.143. The molecule has 5 rings (SSSR count). The largest absolute Gasteiger partial charge is 0.493 e. The van der Waals surface area contributed by atoms with Gasteiger partial charge in [0.25, 0.3) is 0 Å². The molecule has 264 valence electrons. The summed E-state index contributed by atoms with van der Waals surface area (Å²) in [5.74, 6) is -0.0576. The summed E-state index contributed by atoms with van der Waals surface area (Å²) in [5, 5.41) is 9.86. The molecule has 0 spiro atoms. The summed E-state index contributed by atoms with van der Waals surface area (Å²) in [6, 6.07) is 1.22. The van der Waals surface area contributed by atoms with Crippen LogP contribution in [0.5, 0.6) is 0 Å². The van der Waals surface area contributed by atoms with Crippen LogP contribution in [0.15, 0.2) is 35.6 Å². The van der Waals surface area contributed by atoms with E-state index in [1.165, 1.54) is 6.07 Å². The number of aryl methyl sites for hydroxylation is 1. The lowest BCUT2D eigenvalue weighted by atomic mass is 9.68. The summed E-state index contributed by atoms with van der Waals surface area (Å²) in [6.45, 7) is 14.3. The Hall–Kier alpha value is -3.89. The minimum absolute atomic E-state index is 0.0396. The van der Waals surface area contributed by atoms with Gasteiger partial charge in [-0.25, -0.2) is 9.37 Å². The molecule has 3 aliphatic rings. The number of aromatic nitrogens is 1. The van der Waals surface area contributed by atoms with Gasteiger partial charge in [0.1, 0.15) is 19.2 Å². The van der Waals surface area contributed by atoms with Crippen molar-refractivity contribution in [1.29, 1.82) is 0 Å². The first-order chi connectivity index (χ1) is 23.5. The Bertz CT molecular complexity index is 1720. The van der Waals surface area contributed by atoms with Crippen LogP contribution in [0, 0.1) is 24.1 Å². The fourth-order valence-corrected chi connectivity index (χ4v) is 7.67. The van der Waals surface area contributed by atoms with Crippen molar-refractivity contribution in [3.63, 3.8) is 0 Å². The minimum atomic E-state index is -0.668. The van der Waals surface area contributed by atoms with E-state index in [9.17, 15) is 14.4 Å². The van der Waals surface area contributed by atoms with Crippen molar-refractivity contribution in [2.24, 2.45) is 11.3 Å². The normalized spacial score (nSPS) is 20.1. The number of ketones is 1. The number of amides is 2. The average molecular weight is 675 g/mol. The quantitative estimate of drug-likeness (QED) is 0.164. The Labute approximate surface area is 289 Å². The third-order valence-corrected chi connectivity index (χ3v) is 10.6. The Morgan fingerprint density at radius 2 is 1.98 bits per heavy atom. The van der Waals surface area contributed by atoms with Gasteiger partial charge in [0.15, 0.2) is 5.78 Å². The van der Waals surface area contributed by atoms with Crippen molar-refractivity contribution in [3.8, 4) is 0 Å². The number of nitrogens with zero attached hydrogens (tertiary/aromatic N) is 1. The Morgan fingerprint density at radius 3 is 2.61 bits per heavy atom.